The molecule has 4 rings (SSSR count). The van der Waals surface area contributed by atoms with Gasteiger partial charge in [0.15, 0.2) is 0 Å². The number of nitrogens with zero attached hydrogens (tertiary/aromatic N) is 1. The van der Waals surface area contributed by atoms with Crippen LogP contribution in [0.25, 0.3) is 0 Å². The summed E-state index contributed by atoms with van der Waals surface area (Å²) >= 11 is 0. The molecule has 0 fully saturated rings. The lowest BCUT2D eigenvalue weighted by atomic mass is 9.96. The van der Waals surface area contributed by atoms with E-state index < -0.39 is 0 Å². The number of amides is 1. The van der Waals surface area contributed by atoms with E-state index >= 15 is 0 Å². The van der Waals surface area contributed by atoms with E-state index in [2.05, 4.69) is 58.7 Å². The molecule has 1 aliphatic rings. The highest BCUT2D eigenvalue weighted by atomic mass is 16.5. The van der Waals surface area contributed by atoms with Crippen LogP contribution >= 0.6 is 0 Å². The second-order valence-corrected chi connectivity index (χ2v) is 8.58. The molecule has 5 heteroatoms. The molecule has 0 radical (unpaired) electrons. The van der Waals surface area contributed by atoms with Crippen molar-refractivity contribution in [2.75, 3.05) is 32.1 Å². The molecule has 2 atom stereocenters. The number of fused-ring (bicyclic) bond motifs is 1. The molecule has 1 amide bonds. The summed E-state index contributed by atoms with van der Waals surface area (Å²) in [7, 11) is 4.09. The topological polar surface area (TPSA) is 46.0 Å². The molecule has 3 aromatic carbocycles. The van der Waals surface area contributed by atoms with Gasteiger partial charge in [-0.25, -0.2) is 4.79 Å². The first-order valence-corrected chi connectivity index (χ1v) is 11.2. The van der Waals surface area contributed by atoms with Gasteiger partial charge in [0, 0.05) is 37.3 Å². The minimum absolute atomic E-state index is 0.156. The molecule has 5 nitrogen and oxygen atoms in total. The first-order valence-electron chi connectivity index (χ1n) is 11.2. The average Bonchev–Trinajstić information content (AvgIpc) is 2.83. The molecule has 0 saturated carbocycles. The molecule has 32 heavy (non-hydrogen) atoms. The van der Waals surface area contributed by atoms with E-state index in [4.69, 9.17) is 4.74 Å². The van der Waals surface area contributed by atoms with Crippen molar-refractivity contribution in [2.24, 2.45) is 0 Å². The van der Waals surface area contributed by atoms with E-state index in [9.17, 15) is 4.79 Å². The number of ether oxygens (including phenoxy) is 1. The molecule has 0 spiro atoms. The number of anilines is 1. The van der Waals surface area contributed by atoms with Crippen molar-refractivity contribution in [1.82, 2.24) is 5.32 Å². The molecule has 1 heterocycles. The van der Waals surface area contributed by atoms with Crippen molar-refractivity contribution in [1.29, 1.82) is 0 Å². The maximum absolute atomic E-state index is 12.4. The lowest BCUT2D eigenvalue weighted by Crippen LogP contribution is -3.12. The number of quaternary nitrogens is 1. The molecule has 1 aliphatic heterocycles. The third kappa shape index (κ3) is 5.48. The Kier molecular flexibility index (Phi) is 7.07. The molecular formula is C27H32N3O2+. The molecule has 1 unspecified atom stereocenters. The highest BCUT2D eigenvalue weighted by molar-refractivity contribution is 5.67. The summed E-state index contributed by atoms with van der Waals surface area (Å²) in [6.07, 6.45) is 0.677. The molecule has 0 bridgehead atoms. The van der Waals surface area contributed by atoms with Crippen molar-refractivity contribution in [2.45, 2.75) is 25.6 Å². The Balaban J connectivity index is 1.45. The zero-order chi connectivity index (χ0) is 22.3. The first-order chi connectivity index (χ1) is 15.6. The van der Waals surface area contributed by atoms with Crippen LogP contribution < -0.4 is 15.1 Å². The number of alkyl carbamates (subject to hydrolysis) is 1. The first kappa shape index (κ1) is 21.9. The molecule has 2 N–H and O–H groups in total. The Morgan fingerprint density at radius 1 is 0.969 bits per heavy atom. The van der Waals surface area contributed by atoms with E-state index in [1.54, 1.807) is 0 Å². The molecule has 0 aliphatic carbocycles. The van der Waals surface area contributed by atoms with Crippen molar-refractivity contribution >= 4 is 11.8 Å². The Labute approximate surface area is 190 Å². The van der Waals surface area contributed by atoms with Gasteiger partial charge in [-0.1, -0.05) is 66.7 Å². The van der Waals surface area contributed by atoms with E-state index in [1.807, 2.05) is 44.4 Å². The molecule has 0 saturated heterocycles. The van der Waals surface area contributed by atoms with Gasteiger partial charge in [-0.05, 0) is 23.3 Å². The second kappa shape index (κ2) is 10.3. The maximum Gasteiger partial charge on any atom is 0.407 e. The zero-order valence-corrected chi connectivity index (χ0v) is 18.9. The molecule has 166 valence electrons. The normalized spacial score (nSPS) is 16.0. The summed E-state index contributed by atoms with van der Waals surface area (Å²) < 4.78 is 5.44. The van der Waals surface area contributed by atoms with Gasteiger partial charge in [-0.15, -0.1) is 0 Å². The standard InChI is InChI=1S/C27H31N3O2/c1-29(2)25-14-12-23(13-15-25)26(30-17-16-22-10-6-7-11-24(22)19-30)18-28-27(31)32-20-21-8-4-3-5-9-21/h3-15,26H,16-20H2,1-2H3,(H,28,31)/p+1/t26-/m1/s1. The zero-order valence-electron chi connectivity index (χ0n) is 18.9. The minimum Gasteiger partial charge on any atom is -0.445 e. The number of hydrogen-bond acceptors (Lipinski definition) is 3. The Morgan fingerprint density at radius 3 is 2.38 bits per heavy atom. The van der Waals surface area contributed by atoms with Gasteiger partial charge in [0.1, 0.15) is 19.2 Å². The second-order valence-electron chi connectivity index (χ2n) is 8.58. The van der Waals surface area contributed by atoms with Crippen LogP contribution in [0.1, 0.15) is 28.3 Å². The molecule has 3 aromatic rings. The smallest absolute Gasteiger partial charge is 0.407 e. The lowest BCUT2D eigenvalue weighted by molar-refractivity contribution is -0.945. The minimum atomic E-state index is -0.374. The SMILES string of the molecule is CN(C)c1ccc([C@@H](CNC(=O)OCc2ccccc2)[NH+]2CCc3ccccc3C2)cc1. The van der Waals surface area contributed by atoms with Gasteiger partial charge in [0.25, 0.3) is 0 Å². The van der Waals surface area contributed by atoms with Crippen molar-refractivity contribution < 1.29 is 14.4 Å². The summed E-state index contributed by atoms with van der Waals surface area (Å²) in [5.74, 6) is 0. The van der Waals surface area contributed by atoms with Crippen molar-refractivity contribution in [3.05, 3.63) is 101 Å². The van der Waals surface area contributed by atoms with Gasteiger partial charge >= 0.3 is 6.09 Å². The van der Waals surface area contributed by atoms with E-state index in [0.29, 0.717) is 6.54 Å². The Bertz CT molecular complexity index is 1020. The van der Waals surface area contributed by atoms with Crippen LogP contribution in [0.4, 0.5) is 10.5 Å². The van der Waals surface area contributed by atoms with Crippen LogP contribution in [0.2, 0.25) is 0 Å². The number of rotatable bonds is 7. The maximum atomic E-state index is 12.4. The van der Waals surface area contributed by atoms with Crippen LogP contribution in [0, 0.1) is 0 Å². The van der Waals surface area contributed by atoms with Crippen molar-refractivity contribution in [3.63, 3.8) is 0 Å². The number of carbonyl (C=O) groups is 1. The molecule has 0 aromatic heterocycles. The van der Waals surface area contributed by atoms with E-state index in [1.165, 1.54) is 27.3 Å². The fourth-order valence-electron chi connectivity index (χ4n) is 4.36. The largest absolute Gasteiger partial charge is 0.445 e. The van der Waals surface area contributed by atoms with E-state index in [-0.39, 0.29) is 18.7 Å². The summed E-state index contributed by atoms with van der Waals surface area (Å²) in [5, 5.41) is 3.02. The van der Waals surface area contributed by atoms with Crippen LogP contribution in [0.3, 0.4) is 0 Å². The summed E-state index contributed by atoms with van der Waals surface area (Å²) in [6.45, 7) is 2.81. The summed E-state index contributed by atoms with van der Waals surface area (Å²) in [5.41, 5.74) is 6.22. The summed E-state index contributed by atoms with van der Waals surface area (Å²) in [6, 6.07) is 27.3. The monoisotopic (exact) mass is 430 g/mol. The van der Waals surface area contributed by atoms with Crippen molar-refractivity contribution in [3.8, 4) is 0 Å². The van der Waals surface area contributed by atoms with E-state index in [0.717, 1.165) is 25.1 Å². The van der Waals surface area contributed by atoms with Crippen LogP contribution in [0.15, 0.2) is 78.9 Å². The fraction of sp³-hybridized carbons (Fsp3) is 0.296. The molecular weight excluding hydrogens is 398 g/mol. The number of nitrogens with one attached hydrogen (secondary N) is 2. The fourth-order valence-corrected chi connectivity index (χ4v) is 4.36. The van der Waals surface area contributed by atoms with Gasteiger partial charge < -0.3 is 19.9 Å². The van der Waals surface area contributed by atoms with Gasteiger partial charge in [-0.2, -0.15) is 0 Å². The third-order valence-electron chi connectivity index (χ3n) is 6.22. The van der Waals surface area contributed by atoms with Crippen LogP contribution in [-0.4, -0.2) is 33.3 Å². The lowest BCUT2D eigenvalue weighted by Gasteiger charge is -2.33. The Hall–Kier alpha value is -3.31. The van der Waals surface area contributed by atoms with Crippen LogP contribution in [0.5, 0.6) is 0 Å². The third-order valence-corrected chi connectivity index (χ3v) is 6.22. The predicted octanol–water partition coefficient (Wildman–Crippen LogP) is 3.36. The van der Waals surface area contributed by atoms with Gasteiger partial charge in [0.2, 0.25) is 0 Å². The summed E-state index contributed by atoms with van der Waals surface area (Å²) in [4.78, 5) is 16.0. The van der Waals surface area contributed by atoms with Gasteiger partial charge in [0.05, 0.1) is 13.1 Å². The average molecular weight is 431 g/mol. The quantitative estimate of drug-likeness (QED) is 0.604. The Morgan fingerprint density at radius 2 is 1.66 bits per heavy atom. The predicted molar refractivity (Wildman–Crippen MR) is 128 cm³/mol. The number of benzene rings is 3. The number of carbonyl (C=O) groups excluding carboxylic acids is 1. The van der Waals surface area contributed by atoms with Crippen LogP contribution in [-0.2, 0) is 24.3 Å². The van der Waals surface area contributed by atoms with Gasteiger partial charge in [-0.3, -0.25) is 0 Å². The highest BCUT2D eigenvalue weighted by Gasteiger charge is 2.29. The highest BCUT2D eigenvalue weighted by Crippen LogP contribution is 2.18. The number of hydrogen-bond donors (Lipinski definition) is 2.